The molecule has 1 aliphatic rings. The number of rotatable bonds is 6. The van der Waals surface area contributed by atoms with Crippen LogP contribution in [0.5, 0.6) is 5.75 Å². The van der Waals surface area contributed by atoms with Gasteiger partial charge in [-0.2, -0.15) is 18.2 Å². The van der Waals surface area contributed by atoms with E-state index in [9.17, 15) is 13.2 Å². The molecule has 9 heteroatoms. The second kappa shape index (κ2) is 8.74. The SMILES string of the molecule is FC(F)(F)c1cccc(N2CCN(Cc3nc(COc4ccccc4)no3)CC2)c1. The number of benzene rings is 2. The third kappa shape index (κ3) is 5.10. The van der Waals surface area contributed by atoms with E-state index in [2.05, 4.69) is 15.0 Å². The first kappa shape index (κ1) is 20.2. The minimum Gasteiger partial charge on any atom is -0.485 e. The van der Waals surface area contributed by atoms with E-state index in [1.807, 2.05) is 35.2 Å². The predicted molar refractivity (Wildman–Crippen MR) is 104 cm³/mol. The molecule has 30 heavy (non-hydrogen) atoms. The lowest BCUT2D eigenvalue weighted by atomic mass is 10.1. The molecule has 0 aliphatic carbocycles. The Bertz CT molecular complexity index is 954. The summed E-state index contributed by atoms with van der Waals surface area (Å²) in [6, 6.07) is 14.8. The standard InChI is InChI=1S/C21H21F3N4O2/c22-21(23,24)16-5-4-6-17(13-16)28-11-9-27(10-12-28)14-20-25-19(26-30-20)15-29-18-7-2-1-3-8-18/h1-8,13H,9-12,14-15H2. The molecule has 0 amide bonds. The normalized spacial score (nSPS) is 15.4. The fraction of sp³-hybridized carbons (Fsp3) is 0.333. The quantitative estimate of drug-likeness (QED) is 0.604. The highest BCUT2D eigenvalue weighted by Crippen LogP contribution is 2.31. The van der Waals surface area contributed by atoms with Crippen LogP contribution in [0.25, 0.3) is 0 Å². The molecule has 6 nitrogen and oxygen atoms in total. The molecule has 1 aromatic heterocycles. The Balaban J connectivity index is 1.28. The van der Waals surface area contributed by atoms with E-state index in [1.165, 1.54) is 12.1 Å². The summed E-state index contributed by atoms with van der Waals surface area (Å²) in [5, 5.41) is 3.94. The first-order valence-corrected chi connectivity index (χ1v) is 9.61. The van der Waals surface area contributed by atoms with Crippen LogP contribution in [0.1, 0.15) is 17.3 Å². The van der Waals surface area contributed by atoms with Crippen molar-refractivity contribution in [1.29, 1.82) is 0 Å². The average Bonchev–Trinajstić information content (AvgIpc) is 3.20. The Morgan fingerprint density at radius 3 is 2.47 bits per heavy atom. The number of para-hydroxylation sites is 1. The van der Waals surface area contributed by atoms with Gasteiger partial charge in [0.2, 0.25) is 11.7 Å². The number of hydrogen-bond acceptors (Lipinski definition) is 6. The van der Waals surface area contributed by atoms with Crippen molar-refractivity contribution in [1.82, 2.24) is 15.0 Å². The molecule has 1 aliphatic heterocycles. The van der Waals surface area contributed by atoms with Gasteiger partial charge in [-0.3, -0.25) is 4.90 Å². The van der Waals surface area contributed by atoms with E-state index in [0.717, 1.165) is 11.8 Å². The maximum atomic E-state index is 12.9. The van der Waals surface area contributed by atoms with Crippen molar-refractivity contribution in [3.8, 4) is 5.75 Å². The number of aromatic nitrogens is 2. The number of hydrogen-bond donors (Lipinski definition) is 0. The first-order chi connectivity index (χ1) is 14.5. The van der Waals surface area contributed by atoms with Crippen molar-refractivity contribution in [2.24, 2.45) is 0 Å². The summed E-state index contributed by atoms with van der Waals surface area (Å²) >= 11 is 0. The van der Waals surface area contributed by atoms with E-state index in [0.29, 0.717) is 50.1 Å². The summed E-state index contributed by atoms with van der Waals surface area (Å²) in [5.41, 5.74) is -0.0406. The van der Waals surface area contributed by atoms with Gasteiger partial charge < -0.3 is 14.2 Å². The molecular weight excluding hydrogens is 397 g/mol. The summed E-state index contributed by atoms with van der Waals surface area (Å²) in [6.45, 7) is 3.34. The maximum Gasteiger partial charge on any atom is 0.416 e. The number of anilines is 1. The van der Waals surface area contributed by atoms with Crippen LogP contribution < -0.4 is 9.64 Å². The molecule has 158 valence electrons. The molecule has 0 radical (unpaired) electrons. The number of nitrogens with zero attached hydrogens (tertiary/aromatic N) is 4. The second-order valence-corrected chi connectivity index (χ2v) is 7.02. The van der Waals surface area contributed by atoms with Crippen molar-refractivity contribution in [2.75, 3.05) is 31.1 Å². The Kier molecular flexibility index (Phi) is 5.89. The van der Waals surface area contributed by atoms with Crippen molar-refractivity contribution < 1.29 is 22.4 Å². The molecule has 4 rings (SSSR count). The summed E-state index contributed by atoms with van der Waals surface area (Å²) < 4.78 is 49.7. The molecule has 0 spiro atoms. The highest BCUT2D eigenvalue weighted by atomic mass is 19.4. The third-order valence-corrected chi connectivity index (χ3v) is 4.89. The monoisotopic (exact) mass is 418 g/mol. The lowest BCUT2D eigenvalue weighted by Crippen LogP contribution is -2.46. The Morgan fingerprint density at radius 1 is 0.967 bits per heavy atom. The smallest absolute Gasteiger partial charge is 0.416 e. The molecule has 2 heterocycles. The summed E-state index contributed by atoms with van der Waals surface area (Å²) in [5.74, 6) is 1.69. The maximum absolute atomic E-state index is 12.9. The van der Waals surface area contributed by atoms with Gasteiger partial charge in [-0.1, -0.05) is 29.4 Å². The molecular formula is C21H21F3N4O2. The zero-order valence-electron chi connectivity index (χ0n) is 16.2. The molecule has 0 saturated carbocycles. The molecule has 0 N–H and O–H groups in total. The lowest BCUT2D eigenvalue weighted by Gasteiger charge is -2.35. The second-order valence-electron chi connectivity index (χ2n) is 7.02. The van der Waals surface area contributed by atoms with Crippen molar-refractivity contribution in [3.05, 3.63) is 71.9 Å². The number of ether oxygens (including phenoxy) is 1. The van der Waals surface area contributed by atoms with Crippen LogP contribution in [0.4, 0.5) is 18.9 Å². The molecule has 0 unspecified atom stereocenters. The molecule has 3 aromatic rings. The Labute approximate surface area is 171 Å². The highest BCUT2D eigenvalue weighted by molar-refractivity contribution is 5.49. The minimum absolute atomic E-state index is 0.219. The van der Waals surface area contributed by atoms with E-state index >= 15 is 0 Å². The zero-order chi connectivity index (χ0) is 21.0. The fourth-order valence-corrected chi connectivity index (χ4v) is 3.31. The van der Waals surface area contributed by atoms with Gasteiger partial charge in [0.15, 0.2) is 6.61 Å². The van der Waals surface area contributed by atoms with Crippen molar-refractivity contribution in [2.45, 2.75) is 19.3 Å². The minimum atomic E-state index is -4.34. The van der Waals surface area contributed by atoms with E-state index < -0.39 is 11.7 Å². The summed E-state index contributed by atoms with van der Waals surface area (Å²) in [7, 11) is 0. The number of piperazine rings is 1. The predicted octanol–water partition coefficient (Wildman–Crippen LogP) is 3.99. The van der Waals surface area contributed by atoms with Gasteiger partial charge in [0.1, 0.15) is 5.75 Å². The van der Waals surface area contributed by atoms with Gasteiger partial charge >= 0.3 is 6.18 Å². The van der Waals surface area contributed by atoms with E-state index in [4.69, 9.17) is 9.26 Å². The summed E-state index contributed by atoms with van der Waals surface area (Å²) in [4.78, 5) is 8.45. The number of alkyl halides is 3. The van der Waals surface area contributed by atoms with Crippen LogP contribution in [0.2, 0.25) is 0 Å². The van der Waals surface area contributed by atoms with Crippen LogP contribution >= 0.6 is 0 Å². The fourth-order valence-electron chi connectivity index (χ4n) is 3.31. The molecule has 2 aromatic carbocycles. The van der Waals surface area contributed by atoms with Crippen LogP contribution in [0, 0.1) is 0 Å². The molecule has 1 saturated heterocycles. The Hall–Kier alpha value is -3.07. The third-order valence-electron chi connectivity index (χ3n) is 4.89. The first-order valence-electron chi connectivity index (χ1n) is 9.61. The van der Waals surface area contributed by atoms with Crippen molar-refractivity contribution >= 4 is 5.69 Å². The van der Waals surface area contributed by atoms with Gasteiger partial charge in [0.25, 0.3) is 0 Å². The van der Waals surface area contributed by atoms with Gasteiger partial charge in [0, 0.05) is 31.9 Å². The van der Waals surface area contributed by atoms with E-state index in [-0.39, 0.29) is 6.61 Å². The molecule has 0 atom stereocenters. The average molecular weight is 418 g/mol. The highest BCUT2D eigenvalue weighted by Gasteiger charge is 2.31. The van der Waals surface area contributed by atoms with Gasteiger partial charge in [-0.05, 0) is 30.3 Å². The van der Waals surface area contributed by atoms with Gasteiger partial charge in [-0.25, -0.2) is 0 Å². The van der Waals surface area contributed by atoms with Crippen LogP contribution in [-0.4, -0.2) is 41.2 Å². The van der Waals surface area contributed by atoms with Gasteiger partial charge in [0.05, 0.1) is 12.1 Å². The van der Waals surface area contributed by atoms with Crippen LogP contribution in [0.15, 0.2) is 59.1 Å². The van der Waals surface area contributed by atoms with Crippen LogP contribution in [0.3, 0.4) is 0 Å². The lowest BCUT2D eigenvalue weighted by molar-refractivity contribution is -0.137. The van der Waals surface area contributed by atoms with E-state index in [1.54, 1.807) is 6.07 Å². The summed E-state index contributed by atoms with van der Waals surface area (Å²) in [6.07, 6.45) is -4.34. The largest absolute Gasteiger partial charge is 0.485 e. The molecule has 1 fully saturated rings. The van der Waals surface area contributed by atoms with Crippen molar-refractivity contribution in [3.63, 3.8) is 0 Å². The van der Waals surface area contributed by atoms with Crippen LogP contribution in [-0.2, 0) is 19.3 Å². The molecule has 0 bridgehead atoms. The van der Waals surface area contributed by atoms with Gasteiger partial charge in [-0.15, -0.1) is 0 Å². The number of halogens is 3. The topological polar surface area (TPSA) is 54.6 Å². The zero-order valence-corrected chi connectivity index (χ0v) is 16.2. The Morgan fingerprint density at radius 2 is 1.73 bits per heavy atom.